The molecule has 28 heavy (non-hydrogen) atoms. The lowest BCUT2D eigenvalue weighted by Gasteiger charge is -2.16. The molecule has 2 heterocycles. The number of benzene rings is 1. The zero-order valence-electron chi connectivity index (χ0n) is 15.3. The monoisotopic (exact) mass is 417 g/mol. The van der Waals surface area contributed by atoms with Gasteiger partial charge in [0.25, 0.3) is 5.56 Å². The fourth-order valence-electron chi connectivity index (χ4n) is 2.89. The lowest BCUT2D eigenvalue weighted by Crippen LogP contribution is -2.35. The first-order chi connectivity index (χ1) is 13.5. The molecule has 0 bridgehead atoms. The summed E-state index contributed by atoms with van der Waals surface area (Å²) in [5.74, 6) is 0.0809. The second kappa shape index (κ2) is 9.14. The highest BCUT2D eigenvalue weighted by Crippen LogP contribution is 2.21. The number of aryl methyl sites for hydroxylation is 1. The van der Waals surface area contributed by atoms with E-state index in [9.17, 15) is 14.7 Å². The number of nitrogens with zero attached hydrogens (tertiary/aromatic N) is 2. The third-order valence-electron chi connectivity index (χ3n) is 4.26. The quantitative estimate of drug-likeness (QED) is 0.619. The first kappa shape index (κ1) is 20.3. The molecule has 0 atom stereocenters. The molecule has 0 saturated carbocycles. The molecule has 8 heteroatoms. The van der Waals surface area contributed by atoms with Crippen molar-refractivity contribution in [2.24, 2.45) is 0 Å². The molecule has 146 valence electrons. The Labute approximate surface area is 171 Å². The van der Waals surface area contributed by atoms with Gasteiger partial charge in [0.2, 0.25) is 5.91 Å². The van der Waals surface area contributed by atoms with Crippen molar-refractivity contribution >= 4 is 28.8 Å². The summed E-state index contributed by atoms with van der Waals surface area (Å²) >= 11 is 7.64. The molecular formula is C20H20ClN3O3S. The van der Waals surface area contributed by atoms with Gasteiger partial charge < -0.3 is 10.4 Å². The number of aromatic nitrogens is 2. The van der Waals surface area contributed by atoms with Crippen LogP contribution in [-0.4, -0.2) is 27.2 Å². The Bertz CT molecular complexity index is 1030. The van der Waals surface area contributed by atoms with Crippen molar-refractivity contribution in [1.82, 2.24) is 14.9 Å². The summed E-state index contributed by atoms with van der Waals surface area (Å²) < 4.78 is 1.34. The van der Waals surface area contributed by atoms with Gasteiger partial charge in [0.1, 0.15) is 12.4 Å². The van der Waals surface area contributed by atoms with Gasteiger partial charge in [-0.1, -0.05) is 29.8 Å². The highest BCUT2D eigenvalue weighted by atomic mass is 35.5. The Hall–Kier alpha value is -2.48. The van der Waals surface area contributed by atoms with E-state index in [-0.39, 0.29) is 31.0 Å². The number of carbonyl (C=O) groups is 1. The van der Waals surface area contributed by atoms with Crippen molar-refractivity contribution in [3.63, 3.8) is 0 Å². The zero-order valence-corrected chi connectivity index (χ0v) is 16.9. The molecule has 1 aromatic carbocycles. The van der Waals surface area contributed by atoms with Crippen LogP contribution in [0.25, 0.3) is 11.4 Å². The van der Waals surface area contributed by atoms with E-state index >= 15 is 0 Å². The van der Waals surface area contributed by atoms with Crippen molar-refractivity contribution in [3.8, 4) is 11.4 Å². The van der Waals surface area contributed by atoms with Gasteiger partial charge >= 0.3 is 0 Å². The maximum absolute atomic E-state index is 13.0. The van der Waals surface area contributed by atoms with E-state index < -0.39 is 0 Å². The average molecular weight is 418 g/mol. The normalized spacial score (nSPS) is 10.8. The predicted octanol–water partition coefficient (Wildman–Crippen LogP) is 2.78. The van der Waals surface area contributed by atoms with Crippen LogP contribution in [0, 0.1) is 6.92 Å². The molecule has 0 fully saturated rings. The number of amides is 1. The first-order valence-electron chi connectivity index (χ1n) is 8.75. The topological polar surface area (TPSA) is 84.2 Å². The summed E-state index contributed by atoms with van der Waals surface area (Å²) in [6.45, 7) is 1.79. The van der Waals surface area contributed by atoms with E-state index in [0.717, 1.165) is 4.88 Å². The largest absolute Gasteiger partial charge is 0.396 e. The molecule has 0 aliphatic rings. The lowest BCUT2D eigenvalue weighted by molar-refractivity contribution is -0.121. The van der Waals surface area contributed by atoms with Crippen LogP contribution in [0.3, 0.4) is 0 Å². The van der Waals surface area contributed by atoms with Crippen LogP contribution in [0.4, 0.5) is 0 Å². The molecule has 0 unspecified atom stereocenters. The molecule has 0 aliphatic heterocycles. The molecule has 0 spiro atoms. The summed E-state index contributed by atoms with van der Waals surface area (Å²) in [6, 6.07) is 10.8. The van der Waals surface area contributed by atoms with Crippen molar-refractivity contribution in [3.05, 3.63) is 73.3 Å². The number of rotatable bonds is 7. The Kier molecular flexibility index (Phi) is 6.61. The summed E-state index contributed by atoms with van der Waals surface area (Å²) in [5.41, 5.74) is 1.25. The minimum Gasteiger partial charge on any atom is -0.396 e. The summed E-state index contributed by atoms with van der Waals surface area (Å²) in [5, 5.41) is 14.6. The lowest BCUT2D eigenvalue weighted by atomic mass is 10.1. The Morgan fingerprint density at radius 1 is 1.32 bits per heavy atom. The van der Waals surface area contributed by atoms with Crippen LogP contribution in [0.2, 0.25) is 5.02 Å². The van der Waals surface area contributed by atoms with Crippen LogP contribution < -0.4 is 10.9 Å². The molecule has 0 saturated heterocycles. The van der Waals surface area contributed by atoms with Crippen LogP contribution >= 0.6 is 22.9 Å². The van der Waals surface area contributed by atoms with E-state index in [2.05, 4.69) is 10.3 Å². The van der Waals surface area contributed by atoms with Crippen molar-refractivity contribution in [1.29, 1.82) is 0 Å². The van der Waals surface area contributed by atoms with Crippen molar-refractivity contribution in [2.45, 2.75) is 26.4 Å². The standard InChI is InChI=1S/C20H20ClN3O3S/c1-13-17(7-8-25)20(27)24(12-18(26)22-11-16-6-3-9-28-16)19(23-13)14-4-2-5-15(21)10-14/h2-6,9-10,25H,7-8,11-12H2,1H3,(H,22,26). The van der Waals surface area contributed by atoms with E-state index in [1.807, 2.05) is 17.5 Å². The number of hydrogen-bond acceptors (Lipinski definition) is 5. The number of halogens is 1. The fourth-order valence-corrected chi connectivity index (χ4v) is 3.73. The number of hydrogen-bond donors (Lipinski definition) is 2. The second-order valence-electron chi connectivity index (χ2n) is 6.23. The highest BCUT2D eigenvalue weighted by molar-refractivity contribution is 7.09. The smallest absolute Gasteiger partial charge is 0.257 e. The van der Waals surface area contributed by atoms with Crippen LogP contribution in [0.15, 0.2) is 46.6 Å². The van der Waals surface area contributed by atoms with Gasteiger partial charge in [-0.25, -0.2) is 4.98 Å². The maximum atomic E-state index is 13.0. The molecule has 0 aliphatic carbocycles. The molecular weight excluding hydrogens is 398 g/mol. The molecule has 2 N–H and O–H groups in total. The van der Waals surface area contributed by atoms with Gasteiger partial charge in [-0.3, -0.25) is 14.2 Å². The van der Waals surface area contributed by atoms with E-state index in [4.69, 9.17) is 11.6 Å². The van der Waals surface area contributed by atoms with Crippen LogP contribution in [0.5, 0.6) is 0 Å². The van der Waals surface area contributed by atoms with E-state index in [0.29, 0.717) is 34.2 Å². The average Bonchev–Trinajstić information content (AvgIpc) is 3.19. The molecule has 1 amide bonds. The second-order valence-corrected chi connectivity index (χ2v) is 7.70. The summed E-state index contributed by atoms with van der Waals surface area (Å²) in [4.78, 5) is 31.1. The Balaban J connectivity index is 1.97. The SMILES string of the molecule is Cc1nc(-c2cccc(Cl)c2)n(CC(=O)NCc2cccs2)c(=O)c1CCO. The van der Waals surface area contributed by atoms with E-state index in [1.165, 1.54) is 4.57 Å². The Morgan fingerprint density at radius 2 is 2.14 bits per heavy atom. The Morgan fingerprint density at radius 3 is 2.82 bits per heavy atom. The number of aliphatic hydroxyl groups is 1. The number of nitrogens with one attached hydrogen (secondary N) is 1. The molecule has 3 rings (SSSR count). The van der Waals surface area contributed by atoms with Gasteiger partial charge in [0.05, 0.1) is 6.54 Å². The van der Waals surface area contributed by atoms with Gasteiger partial charge in [-0.05, 0) is 30.5 Å². The number of carbonyl (C=O) groups excluding carboxylic acids is 1. The molecule has 2 aromatic heterocycles. The molecule has 0 radical (unpaired) electrons. The number of thiophene rings is 1. The zero-order chi connectivity index (χ0) is 20.1. The van der Waals surface area contributed by atoms with Gasteiger partial charge in [-0.15, -0.1) is 11.3 Å². The summed E-state index contributed by atoms with van der Waals surface area (Å²) in [6.07, 6.45) is 0.185. The maximum Gasteiger partial charge on any atom is 0.257 e. The minimum atomic E-state index is -0.331. The van der Waals surface area contributed by atoms with Crippen molar-refractivity contribution < 1.29 is 9.90 Å². The molecule has 6 nitrogen and oxygen atoms in total. The number of aliphatic hydroxyl groups excluding tert-OH is 1. The first-order valence-corrected chi connectivity index (χ1v) is 10.0. The van der Waals surface area contributed by atoms with Crippen molar-refractivity contribution in [2.75, 3.05) is 6.61 Å². The van der Waals surface area contributed by atoms with Crippen LogP contribution in [-0.2, 0) is 24.3 Å². The van der Waals surface area contributed by atoms with Gasteiger partial charge in [0.15, 0.2) is 0 Å². The fraction of sp³-hybridized carbons (Fsp3) is 0.250. The minimum absolute atomic E-state index is 0.168. The predicted molar refractivity (Wildman–Crippen MR) is 111 cm³/mol. The third-order valence-corrected chi connectivity index (χ3v) is 5.37. The molecule has 3 aromatic rings. The van der Waals surface area contributed by atoms with E-state index in [1.54, 1.807) is 42.5 Å². The van der Waals surface area contributed by atoms with Gasteiger partial charge in [-0.2, -0.15) is 0 Å². The van der Waals surface area contributed by atoms with Crippen LogP contribution in [0.1, 0.15) is 16.1 Å². The van der Waals surface area contributed by atoms with Gasteiger partial charge in [0, 0.05) is 39.7 Å². The highest BCUT2D eigenvalue weighted by Gasteiger charge is 2.18. The third kappa shape index (κ3) is 4.67. The summed E-state index contributed by atoms with van der Waals surface area (Å²) in [7, 11) is 0.